The van der Waals surface area contributed by atoms with Gasteiger partial charge in [0.2, 0.25) is 5.91 Å². The summed E-state index contributed by atoms with van der Waals surface area (Å²) in [7, 11) is 1.54. The first-order chi connectivity index (χ1) is 8.99. The fourth-order valence-corrected chi connectivity index (χ4v) is 2.07. The van der Waals surface area contributed by atoms with Crippen LogP contribution in [-0.2, 0) is 4.79 Å². The van der Waals surface area contributed by atoms with Crippen molar-refractivity contribution in [3.8, 4) is 0 Å². The highest BCUT2D eigenvalue weighted by Gasteiger charge is 2.20. The van der Waals surface area contributed by atoms with Crippen molar-refractivity contribution in [1.29, 1.82) is 0 Å². The summed E-state index contributed by atoms with van der Waals surface area (Å²) in [6.45, 7) is 2.64. The van der Waals surface area contributed by atoms with Crippen LogP contribution in [0, 0.1) is 10.1 Å². The summed E-state index contributed by atoms with van der Waals surface area (Å²) in [5, 5.41) is 13.6. The first-order valence-electron chi connectivity index (χ1n) is 5.89. The van der Waals surface area contributed by atoms with Crippen LogP contribution in [0.15, 0.2) is 22.7 Å². The van der Waals surface area contributed by atoms with Gasteiger partial charge in [-0.15, -0.1) is 0 Å². The van der Waals surface area contributed by atoms with Gasteiger partial charge in [-0.05, 0) is 18.6 Å². The Hall–Kier alpha value is -1.63. The third-order valence-electron chi connectivity index (χ3n) is 2.58. The lowest BCUT2D eigenvalue weighted by molar-refractivity contribution is -0.384. The minimum atomic E-state index is -0.438. The first kappa shape index (κ1) is 15.4. The highest BCUT2D eigenvalue weighted by Crippen LogP contribution is 2.31. The smallest absolute Gasteiger partial charge is 0.293 e. The van der Waals surface area contributed by atoms with Crippen molar-refractivity contribution in [2.75, 3.05) is 25.0 Å². The molecule has 0 heterocycles. The largest absolute Gasteiger partial charge is 0.358 e. The molecule has 0 aliphatic carbocycles. The molecule has 0 saturated carbocycles. The standard InChI is InChI=1S/C12H16BrN3O3/c1-3-6-15(8-12(17)14-2)10-5-4-9(13)7-11(10)16(18)19/h4-5,7H,3,6,8H2,1-2H3,(H,14,17). The van der Waals surface area contributed by atoms with Crippen LogP contribution in [0.2, 0.25) is 0 Å². The maximum absolute atomic E-state index is 11.5. The number of hydrogen-bond donors (Lipinski definition) is 1. The van der Waals surface area contributed by atoms with Crippen LogP contribution in [0.1, 0.15) is 13.3 Å². The van der Waals surface area contributed by atoms with Crippen LogP contribution in [-0.4, -0.2) is 31.0 Å². The second-order valence-electron chi connectivity index (χ2n) is 3.98. The number of carbonyl (C=O) groups excluding carboxylic acids is 1. The third-order valence-corrected chi connectivity index (χ3v) is 3.07. The van der Waals surface area contributed by atoms with E-state index in [1.54, 1.807) is 24.1 Å². The molecule has 0 spiro atoms. The van der Waals surface area contributed by atoms with E-state index < -0.39 is 4.92 Å². The molecule has 0 fully saturated rings. The molecular formula is C12H16BrN3O3. The van der Waals surface area contributed by atoms with E-state index in [4.69, 9.17) is 0 Å². The molecule has 0 aliphatic heterocycles. The highest BCUT2D eigenvalue weighted by atomic mass is 79.9. The van der Waals surface area contributed by atoms with Gasteiger partial charge in [-0.25, -0.2) is 0 Å². The van der Waals surface area contributed by atoms with Crippen LogP contribution in [0.5, 0.6) is 0 Å². The van der Waals surface area contributed by atoms with Crippen molar-refractivity contribution in [3.63, 3.8) is 0 Å². The molecule has 0 radical (unpaired) electrons. The summed E-state index contributed by atoms with van der Waals surface area (Å²) in [5.74, 6) is -0.175. The van der Waals surface area contributed by atoms with E-state index in [9.17, 15) is 14.9 Å². The Morgan fingerprint density at radius 3 is 2.74 bits per heavy atom. The van der Waals surface area contributed by atoms with Gasteiger partial charge in [-0.1, -0.05) is 22.9 Å². The van der Waals surface area contributed by atoms with E-state index in [1.807, 2.05) is 6.92 Å². The number of halogens is 1. The van der Waals surface area contributed by atoms with Gasteiger partial charge in [0.15, 0.2) is 0 Å². The summed E-state index contributed by atoms with van der Waals surface area (Å²) in [6.07, 6.45) is 0.796. The first-order valence-corrected chi connectivity index (χ1v) is 6.68. The minimum Gasteiger partial charge on any atom is -0.358 e. The molecule has 0 atom stereocenters. The van der Waals surface area contributed by atoms with E-state index in [-0.39, 0.29) is 18.1 Å². The molecule has 0 unspecified atom stereocenters. The van der Waals surface area contributed by atoms with Gasteiger partial charge in [-0.3, -0.25) is 14.9 Å². The summed E-state index contributed by atoms with van der Waals surface area (Å²) >= 11 is 3.21. The zero-order valence-corrected chi connectivity index (χ0v) is 12.4. The number of nitrogens with one attached hydrogen (secondary N) is 1. The van der Waals surface area contributed by atoms with E-state index in [0.29, 0.717) is 16.7 Å². The molecular weight excluding hydrogens is 314 g/mol. The topological polar surface area (TPSA) is 75.5 Å². The summed E-state index contributed by atoms with van der Waals surface area (Å²) in [5.41, 5.74) is 0.449. The van der Waals surface area contributed by atoms with E-state index >= 15 is 0 Å². The molecule has 0 aliphatic rings. The number of carbonyl (C=O) groups is 1. The van der Waals surface area contributed by atoms with Gasteiger partial charge in [0.05, 0.1) is 11.5 Å². The van der Waals surface area contributed by atoms with Crippen molar-refractivity contribution < 1.29 is 9.72 Å². The molecule has 0 saturated heterocycles. The van der Waals surface area contributed by atoms with Crippen LogP contribution >= 0.6 is 15.9 Å². The Labute approximate surface area is 120 Å². The number of nitro benzene ring substituents is 1. The quantitative estimate of drug-likeness (QED) is 0.642. The molecule has 0 aromatic heterocycles. The number of nitro groups is 1. The fourth-order valence-electron chi connectivity index (χ4n) is 1.72. The van der Waals surface area contributed by atoms with Crippen molar-refractivity contribution in [3.05, 3.63) is 32.8 Å². The predicted molar refractivity (Wildman–Crippen MR) is 77.4 cm³/mol. The average molecular weight is 330 g/mol. The number of anilines is 1. The van der Waals surface area contributed by atoms with Gasteiger partial charge in [-0.2, -0.15) is 0 Å². The fraction of sp³-hybridized carbons (Fsp3) is 0.417. The molecule has 7 heteroatoms. The van der Waals surface area contributed by atoms with E-state index in [1.165, 1.54) is 6.07 Å². The van der Waals surface area contributed by atoms with Crippen molar-refractivity contribution >= 4 is 33.2 Å². The molecule has 1 rings (SSSR count). The van der Waals surface area contributed by atoms with Crippen molar-refractivity contribution in [1.82, 2.24) is 5.32 Å². The zero-order chi connectivity index (χ0) is 14.4. The summed E-state index contributed by atoms with van der Waals surface area (Å²) in [6, 6.07) is 4.83. The van der Waals surface area contributed by atoms with Crippen LogP contribution in [0.25, 0.3) is 0 Å². The average Bonchev–Trinajstić information content (AvgIpc) is 2.38. The number of hydrogen-bond acceptors (Lipinski definition) is 4. The lowest BCUT2D eigenvalue weighted by Gasteiger charge is -2.23. The Balaban J connectivity index is 3.14. The van der Waals surface area contributed by atoms with Crippen LogP contribution in [0.4, 0.5) is 11.4 Å². The van der Waals surface area contributed by atoms with Crippen molar-refractivity contribution in [2.24, 2.45) is 0 Å². The van der Waals surface area contributed by atoms with E-state index in [0.717, 1.165) is 6.42 Å². The third kappa shape index (κ3) is 4.20. The molecule has 6 nitrogen and oxygen atoms in total. The predicted octanol–water partition coefficient (Wildman–Crippen LogP) is 2.32. The van der Waals surface area contributed by atoms with Crippen LogP contribution < -0.4 is 10.2 Å². The Kier molecular flexibility index (Phi) is 5.75. The van der Waals surface area contributed by atoms with Gasteiger partial charge in [0.1, 0.15) is 5.69 Å². The molecule has 19 heavy (non-hydrogen) atoms. The number of likely N-dealkylation sites (N-methyl/N-ethyl adjacent to an activating group) is 1. The lowest BCUT2D eigenvalue weighted by Crippen LogP contribution is -2.36. The Morgan fingerprint density at radius 1 is 1.53 bits per heavy atom. The molecule has 1 aromatic carbocycles. The monoisotopic (exact) mass is 329 g/mol. The number of amides is 1. The SMILES string of the molecule is CCCN(CC(=O)NC)c1ccc(Br)cc1[N+](=O)[O-]. The van der Waals surface area contributed by atoms with Gasteiger partial charge >= 0.3 is 0 Å². The maximum Gasteiger partial charge on any atom is 0.293 e. The second-order valence-corrected chi connectivity index (χ2v) is 4.90. The lowest BCUT2D eigenvalue weighted by atomic mass is 10.2. The molecule has 0 bridgehead atoms. The van der Waals surface area contributed by atoms with Crippen molar-refractivity contribution in [2.45, 2.75) is 13.3 Å². The summed E-state index contributed by atoms with van der Waals surface area (Å²) in [4.78, 5) is 23.9. The van der Waals surface area contributed by atoms with Crippen LogP contribution in [0.3, 0.4) is 0 Å². The minimum absolute atomic E-state index is 0.00766. The summed E-state index contributed by atoms with van der Waals surface area (Å²) < 4.78 is 0.638. The molecule has 104 valence electrons. The van der Waals surface area contributed by atoms with Gasteiger partial charge in [0.25, 0.3) is 5.69 Å². The highest BCUT2D eigenvalue weighted by molar-refractivity contribution is 9.10. The van der Waals surface area contributed by atoms with Gasteiger partial charge in [0, 0.05) is 24.1 Å². The maximum atomic E-state index is 11.5. The normalized spacial score (nSPS) is 10.1. The zero-order valence-electron chi connectivity index (χ0n) is 10.9. The number of nitrogens with zero attached hydrogens (tertiary/aromatic N) is 2. The molecule has 1 aromatic rings. The Morgan fingerprint density at radius 2 is 2.21 bits per heavy atom. The molecule has 1 N–H and O–H groups in total. The molecule has 1 amide bonds. The number of rotatable bonds is 6. The van der Waals surface area contributed by atoms with Gasteiger partial charge < -0.3 is 10.2 Å². The second kappa shape index (κ2) is 7.08. The Bertz CT molecular complexity index is 479. The van der Waals surface area contributed by atoms with E-state index in [2.05, 4.69) is 21.2 Å². The number of benzene rings is 1.